The van der Waals surface area contributed by atoms with Crippen molar-refractivity contribution in [2.75, 3.05) is 13.2 Å². The van der Waals surface area contributed by atoms with E-state index in [1.54, 1.807) is 0 Å². The molecule has 1 aromatic rings. The van der Waals surface area contributed by atoms with Crippen LogP contribution in [-0.2, 0) is 4.74 Å². The summed E-state index contributed by atoms with van der Waals surface area (Å²) in [6.07, 6.45) is 1.85. The first-order chi connectivity index (χ1) is 9.02. The van der Waals surface area contributed by atoms with Gasteiger partial charge in [-0.2, -0.15) is 0 Å². The van der Waals surface area contributed by atoms with Crippen molar-refractivity contribution in [1.29, 1.82) is 0 Å². The highest BCUT2D eigenvalue weighted by atomic mass is 16.5. The Bertz CT molecular complexity index is 398. The van der Waals surface area contributed by atoms with E-state index in [0.717, 1.165) is 12.8 Å². The maximum atomic E-state index is 11.8. The average Bonchev–Trinajstić information content (AvgIpc) is 2.33. The number of phenolic OH excluding ortho intramolecular Hbond substituents is 2. The highest BCUT2D eigenvalue weighted by Crippen LogP contribution is 2.25. The number of hydrogen-bond acceptors (Lipinski definition) is 4. The molecule has 0 atom stereocenters. The molecule has 0 aliphatic carbocycles. The summed E-state index contributed by atoms with van der Waals surface area (Å²) in [4.78, 5) is 11.8. The van der Waals surface area contributed by atoms with Crippen molar-refractivity contribution < 1.29 is 19.7 Å². The summed E-state index contributed by atoms with van der Waals surface area (Å²) in [5.41, 5.74) is -0.0825. The molecular weight excluding hydrogens is 246 g/mol. The molecule has 0 spiro atoms. The van der Waals surface area contributed by atoms with Crippen LogP contribution in [0, 0.1) is 0 Å². The summed E-state index contributed by atoms with van der Waals surface area (Å²) in [5, 5.41) is 21.7. The van der Waals surface area contributed by atoms with E-state index in [0.29, 0.717) is 13.2 Å². The fourth-order valence-electron chi connectivity index (χ4n) is 1.60. The first kappa shape index (κ1) is 15.3. The van der Waals surface area contributed by atoms with E-state index in [9.17, 15) is 15.0 Å². The Morgan fingerprint density at radius 2 is 1.89 bits per heavy atom. The Hall–Kier alpha value is -1.75. The third kappa shape index (κ3) is 5.18. The number of ether oxygens (including phenoxy) is 1. The Balaban J connectivity index is 2.32. The molecule has 0 heterocycles. The number of unbranched alkanes of at least 4 members (excludes halogenated alkanes) is 1. The monoisotopic (exact) mass is 267 g/mol. The van der Waals surface area contributed by atoms with E-state index < -0.39 is 5.91 Å². The second-order valence-corrected chi connectivity index (χ2v) is 4.55. The Morgan fingerprint density at radius 1 is 1.26 bits per heavy atom. The molecule has 0 aliphatic heterocycles. The van der Waals surface area contributed by atoms with Crippen LogP contribution in [0.25, 0.3) is 0 Å². The van der Waals surface area contributed by atoms with Crippen molar-refractivity contribution in [3.63, 3.8) is 0 Å². The number of rotatable bonds is 7. The fraction of sp³-hybridized carbons (Fsp3) is 0.500. The van der Waals surface area contributed by atoms with E-state index in [4.69, 9.17) is 4.74 Å². The first-order valence-corrected chi connectivity index (χ1v) is 6.43. The second-order valence-electron chi connectivity index (χ2n) is 4.55. The summed E-state index contributed by atoms with van der Waals surface area (Å²) >= 11 is 0. The summed E-state index contributed by atoms with van der Waals surface area (Å²) in [5.74, 6) is -0.915. The van der Waals surface area contributed by atoms with Gasteiger partial charge in [-0.3, -0.25) is 4.79 Å². The van der Waals surface area contributed by atoms with Crippen molar-refractivity contribution in [3.8, 4) is 11.5 Å². The van der Waals surface area contributed by atoms with Gasteiger partial charge >= 0.3 is 0 Å². The molecule has 5 nitrogen and oxygen atoms in total. The van der Waals surface area contributed by atoms with Crippen LogP contribution in [0.4, 0.5) is 0 Å². The quantitative estimate of drug-likeness (QED) is 0.660. The van der Waals surface area contributed by atoms with Crippen molar-refractivity contribution in [2.45, 2.75) is 32.8 Å². The van der Waals surface area contributed by atoms with E-state index >= 15 is 0 Å². The lowest BCUT2D eigenvalue weighted by Crippen LogP contribution is -2.24. The molecule has 19 heavy (non-hydrogen) atoms. The molecule has 0 saturated carbocycles. The van der Waals surface area contributed by atoms with Gasteiger partial charge in [-0.05, 0) is 38.8 Å². The van der Waals surface area contributed by atoms with Gasteiger partial charge in [0.1, 0.15) is 17.1 Å². The SMILES string of the molecule is CC(C)OCCCCNC(=O)c1c(O)cccc1O. The van der Waals surface area contributed by atoms with Gasteiger partial charge in [0, 0.05) is 13.2 Å². The maximum Gasteiger partial charge on any atom is 0.258 e. The molecule has 1 aromatic carbocycles. The molecule has 1 amide bonds. The molecule has 0 bridgehead atoms. The minimum absolute atomic E-state index is 0.0825. The van der Waals surface area contributed by atoms with Gasteiger partial charge in [-0.15, -0.1) is 0 Å². The number of amides is 1. The van der Waals surface area contributed by atoms with Crippen molar-refractivity contribution in [1.82, 2.24) is 5.32 Å². The zero-order chi connectivity index (χ0) is 14.3. The van der Waals surface area contributed by atoms with Crippen LogP contribution >= 0.6 is 0 Å². The molecule has 0 saturated heterocycles. The van der Waals surface area contributed by atoms with E-state index in [1.807, 2.05) is 13.8 Å². The molecule has 0 aliphatic rings. The fourth-order valence-corrected chi connectivity index (χ4v) is 1.60. The molecule has 3 N–H and O–H groups in total. The zero-order valence-electron chi connectivity index (χ0n) is 11.3. The van der Waals surface area contributed by atoms with Gasteiger partial charge < -0.3 is 20.3 Å². The van der Waals surface area contributed by atoms with Crippen molar-refractivity contribution >= 4 is 5.91 Å². The molecule has 0 radical (unpaired) electrons. The van der Waals surface area contributed by atoms with E-state index in [1.165, 1.54) is 18.2 Å². The number of benzene rings is 1. The third-order valence-corrected chi connectivity index (χ3v) is 2.56. The molecule has 1 rings (SSSR count). The minimum Gasteiger partial charge on any atom is -0.507 e. The molecule has 106 valence electrons. The summed E-state index contributed by atoms with van der Waals surface area (Å²) < 4.78 is 5.38. The normalized spacial score (nSPS) is 10.7. The van der Waals surface area contributed by atoms with Crippen molar-refractivity contribution in [3.05, 3.63) is 23.8 Å². The van der Waals surface area contributed by atoms with E-state index in [-0.39, 0.29) is 23.2 Å². The number of nitrogens with one attached hydrogen (secondary N) is 1. The predicted octanol–water partition coefficient (Wildman–Crippen LogP) is 2.03. The summed E-state index contributed by atoms with van der Waals surface area (Å²) in [6, 6.07) is 4.21. The standard InChI is InChI=1S/C14H21NO4/c1-10(2)19-9-4-3-8-15-14(18)13-11(16)6-5-7-12(13)17/h5-7,10,16-17H,3-4,8-9H2,1-2H3,(H,15,18). The highest BCUT2D eigenvalue weighted by Gasteiger charge is 2.14. The van der Waals surface area contributed by atoms with Crippen molar-refractivity contribution in [2.24, 2.45) is 0 Å². The van der Waals surface area contributed by atoms with Gasteiger partial charge in [0.05, 0.1) is 6.10 Å². The zero-order valence-corrected chi connectivity index (χ0v) is 11.3. The van der Waals surface area contributed by atoms with Crippen LogP contribution in [0.3, 0.4) is 0 Å². The van der Waals surface area contributed by atoms with Gasteiger partial charge in [0.15, 0.2) is 0 Å². The van der Waals surface area contributed by atoms with Crippen LogP contribution in [0.2, 0.25) is 0 Å². The number of hydrogen-bond donors (Lipinski definition) is 3. The predicted molar refractivity (Wildman–Crippen MR) is 72.4 cm³/mol. The van der Waals surface area contributed by atoms with Gasteiger partial charge in [-0.25, -0.2) is 0 Å². The number of aromatic hydroxyl groups is 2. The first-order valence-electron chi connectivity index (χ1n) is 6.43. The number of carbonyl (C=O) groups excluding carboxylic acids is 1. The summed E-state index contributed by atoms with van der Waals surface area (Å²) in [7, 11) is 0. The Morgan fingerprint density at radius 3 is 2.47 bits per heavy atom. The van der Waals surface area contributed by atoms with Crippen LogP contribution < -0.4 is 5.32 Å². The van der Waals surface area contributed by atoms with E-state index in [2.05, 4.69) is 5.32 Å². The molecule has 5 heteroatoms. The maximum absolute atomic E-state index is 11.8. The largest absolute Gasteiger partial charge is 0.507 e. The second kappa shape index (κ2) is 7.63. The van der Waals surface area contributed by atoms with Crippen LogP contribution in [0.15, 0.2) is 18.2 Å². The smallest absolute Gasteiger partial charge is 0.258 e. The highest BCUT2D eigenvalue weighted by molar-refractivity contribution is 5.99. The molecule has 0 aromatic heterocycles. The number of phenols is 2. The minimum atomic E-state index is -0.472. The van der Waals surface area contributed by atoms with Crippen LogP contribution in [0.5, 0.6) is 11.5 Å². The molecule has 0 unspecified atom stereocenters. The Kier molecular flexibility index (Phi) is 6.15. The van der Waals surface area contributed by atoms with Crippen LogP contribution in [0.1, 0.15) is 37.0 Å². The van der Waals surface area contributed by atoms with Gasteiger partial charge in [0.2, 0.25) is 0 Å². The summed E-state index contributed by atoms with van der Waals surface area (Å²) in [6.45, 7) is 5.09. The molecular formula is C14H21NO4. The van der Waals surface area contributed by atoms with Gasteiger partial charge in [0.25, 0.3) is 5.91 Å². The third-order valence-electron chi connectivity index (χ3n) is 2.56. The van der Waals surface area contributed by atoms with Gasteiger partial charge in [-0.1, -0.05) is 6.07 Å². The average molecular weight is 267 g/mol. The Labute approximate surface area is 113 Å². The van der Waals surface area contributed by atoms with Crippen LogP contribution in [-0.4, -0.2) is 35.4 Å². The molecule has 0 fully saturated rings. The lowest BCUT2D eigenvalue weighted by molar-refractivity contribution is 0.0754. The lowest BCUT2D eigenvalue weighted by atomic mass is 10.1. The topological polar surface area (TPSA) is 78.8 Å². The lowest BCUT2D eigenvalue weighted by Gasteiger charge is -2.09. The number of carbonyl (C=O) groups is 1.